The maximum absolute atomic E-state index is 10.2. The lowest BCUT2D eigenvalue weighted by Crippen LogP contribution is -2.21. The summed E-state index contributed by atoms with van der Waals surface area (Å²) in [4.78, 5) is 10.2. The molecule has 0 amide bonds. The summed E-state index contributed by atoms with van der Waals surface area (Å²) in [6.45, 7) is -0.0629. The fourth-order valence-electron chi connectivity index (χ4n) is 1.01. The standard InChI is InChI=1S/C10H11ClO4/c11-7-2-1-3-9(4-7)15-6-8(12)5-10(13)14/h1-4,8,12H,5-6H2,(H,13,14). The number of halogens is 1. The second kappa shape index (κ2) is 5.58. The molecule has 0 aliphatic carbocycles. The van der Waals surface area contributed by atoms with Gasteiger partial charge in [0.2, 0.25) is 0 Å². The SMILES string of the molecule is O=C(O)CC(O)COc1cccc(Cl)c1. The third-order valence-corrected chi connectivity index (χ3v) is 1.88. The monoisotopic (exact) mass is 230 g/mol. The third-order valence-electron chi connectivity index (χ3n) is 1.65. The van der Waals surface area contributed by atoms with Gasteiger partial charge >= 0.3 is 5.97 Å². The lowest BCUT2D eigenvalue weighted by Gasteiger charge is -2.10. The molecule has 2 N–H and O–H groups in total. The van der Waals surface area contributed by atoms with E-state index in [1.807, 2.05) is 0 Å². The Morgan fingerprint density at radius 2 is 2.27 bits per heavy atom. The lowest BCUT2D eigenvalue weighted by molar-refractivity contribution is -0.139. The summed E-state index contributed by atoms with van der Waals surface area (Å²) < 4.78 is 5.15. The predicted octanol–water partition coefficient (Wildman–Crippen LogP) is 1.55. The first-order valence-electron chi connectivity index (χ1n) is 4.36. The van der Waals surface area contributed by atoms with Crippen molar-refractivity contribution >= 4 is 17.6 Å². The van der Waals surface area contributed by atoms with Crippen molar-refractivity contribution < 1.29 is 19.7 Å². The van der Waals surface area contributed by atoms with Gasteiger partial charge in [0.15, 0.2) is 0 Å². The molecule has 0 saturated carbocycles. The average molecular weight is 231 g/mol. The number of carboxylic acid groups (broad SMARTS) is 1. The van der Waals surface area contributed by atoms with Gasteiger partial charge in [-0.15, -0.1) is 0 Å². The Morgan fingerprint density at radius 1 is 1.53 bits per heavy atom. The molecule has 1 rings (SSSR count). The van der Waals surface area contributed by atoms with Crippen LogP contribution in [0.1, 0.15) is 6.42 Å². The number of aliphatic hydroxyl groups is 1. The third kappa shape index (κ3) is 4.67. The summed E-state index contributed by atoms with van der Waals surface area (Å²) in [6.07, 6.45) is -1.35. The number of rotatable bonds is 5. The summed E-state index contributed by atoms with van der Waals surface area (Å²) in [5, 5.41) is 18.1. The van der Waals surface area contributed by atoms with E-state index in [0.29, 0.717) is 10.8 Å². The number of ether oxygens (including phenoxy) is 1. The van der Waals surface area contributed by atoms with E-state index in [-0.39, 0.29) is 13.0 Å². The molecule has 1 aromatic rings. The molecular weight excluding hydrogens is 220 g/mol. The maximum atomic E-state index is 10.2. The van der Waals surface area contributed by atoms with E-state index in [2.05, 4.69) is 0 Å². The molecular formula is C10H11ClO4. The van der Waals surface area contributed by atoms with Crippen LogP contribution in [0.25, 0.3) is 0 Å². The molecule has 1 unspecified atom stereocenters. The topological polar surface area (TPSA) is 66.8 Å². The molecule has 5 heteroatoms. The van der Waals surface area contributed by atoms with Gasteiger partial charge in [0, 0.05) is 5.02 Å². The van der Waals surface area contributed by atoms with Crippen LogP contribution in [0, 0.1) is 0 Å². The summed E-state index contributed by atoms with van der Waals surface area (Å²) in [6, 6.07) is 6.68. The first kappa shape index (κ1) is 11.8. The van der Waals surface area contributed by atoms with E-state index >= 15 is 0 Å². The largest absolute Gasteiger partial charge is 0.491 e. The van der Waals surface area contributed by atoms with Gasteiger partial charge in [-0.2, -0.15) is 0 Å². The summed E-state index contributed by atoms with van der Waals surface area (Å²) >= 11 is 5.71. The van der Waals surface area contributed by atoms with Gasteiger partial charge in [-0.1, -0.05) is 17.7 Å². The minimum absolute atomic E-state index is 0.0629. The number of aliphatic carboxylic acids is 1. The van der Waals surface area contributed by atoms with Crippen molar-refractivity contribution in [2.24, 2.45) is 0 Å². The van der Waals surface area contributed by atoms with Gasteiger partial charge < -0.3 is 14.9 Å². The minimum Gasteiger partial charge on any atom is -0.491 e. The average Bonchev–Trinajstić information content (AvgIpc) is 2.14. The van der Waals surface area contributed by atoms with Crippen LogP contribution in [0.4, 0.5) is 0 Å². The zero-order valence-electron chi connectivity index (χ0n) is 7.89. The normalized spacial score (nSPS) is 12.1. The van der Waals surface area contributed by atoms with Crippen LogP contribution in [0.15, 0.2) is 24.3 Å². The number of carboxylic acids is 1. The van der Waals surface area contributed by atoms with Crippen LogP contribution in [0.5, 0.6) is 5.75 Å². The van der Waals surface area contributed by atoms with E-state index in [1.54, 1.807) is 24.3 Å². The van der Waals surface area contributed by atoms with E-state index in [4.69, 9.17) is 21.4 Å². The van der Waals surface area contributed by atoms with Crippen LogP contribution >= 0.6 is 11.6 Å². The molecule has 0 bridgehead atoms. The number of hydrogen-bond acceptors (Lipinski definition) is 3. The fraction of sp³-hybridized carbons (Fsp3) is 0.300. The maximum Gasteiger partial charge on any atom is 0.306 e. The van der Waals surface area contributed by atoms with Crippen LogP contribution in [-0.2, 0) is 4.79 Å². The highest BCUT2D eigenvalue weighted by molar-refractivity contribution is 6.30. The predicted molar refractivity (Wildman–Crippen MR) is 55.2 cm³/mol. The molecule has 4 nitrogen and oxygen atoms in total. The molecule has 0 saturated heterocycles. The van der Waals surface area contributed by atoms with E-state index in [1.165, 1.54) is 0 Å². The Labute approximate surface area is 92.1 Å². The molecule has 0 heterocycles. The number of hydrogen-bond donors (Lipinski definition) is 2. The van der Waals surface area contributed by atoms with Crippen molar-refractivity contribution in [2.45, 2.75) is 12.5 Å². The highest BCUT2D eigenvalue weighted by Crippen LogP contribution is 2.17. The number of carbonyl (C=O) groups is 1. The highest BCUT2D eigenvalue weighted by Gasteiger charge is 2.09. The Bertz CT molecular complexity index is 340. The van der Waals surface area contributed by atoms with Crippen LogP contribution in [0.3, 0.4) is 0 Å². The quantitative estimate of drug-likeness (QED) is 0.806. The van der Waals surface area contributed by atoms with Gasteiger partial charge in [-0.25, -0.2) is 0 Å². The summed E-state index contributed by atoms with van der Waals surface area (Å²) in [5.74, 6) is -0.552. The molecule has 0 aromatic heterocycles. The molecule has 1 atom stereocenters. The molecule has 0 fully saturated rings. The molecule has 1 aromatic carbocycles. The molecule has 82 valence electrons. The number of benzene rings is 1. The van der Waals surface area contributed by atoms with E-state index in [0.717, 1.165) is 0 Å². The Morgan fingerprint density at radius 3 is 2.87 bits per heavy atom. The second-order valence-electron chi connectivity index (χ2n) is 3.02. The van der Waals surface area contributed by atoms with Gasteiger partial charge in [0.1, 0.15) is 12.4 Å². The zero-order chi connectivity index (χ0) is 11.3. The van der Waals surface area contributed by atoms with Gasteiger partial charge in [0.05, 0.1) is 12.5 Å². The minimum atomic E-state index is -1.06. The fourth-order valence-corrected chi connectivity index (χ4v) is 1.19. The summed E-state index contributed by atoms with van der Waals surface area (Å²) in [7, 11) is 0. The molecule has 0 aliphatic rings. The van der Waals surface area contributed by atoms with E-state index < -0.39 is 12.1 Å². The van der Waals surface area contributed by atoms with E-state index in [9.17, 15) is 9.90 Å². The van der Waals surface area contributed by atoms with Crippen molar-refractivity contribution in [3.63, 3.8) is 0 Å². The van der Waals surface area contributed by atoms with Crippen molar-refractivity contribution in [3.05, 3.63) is 29.3 Å². The highest BCUT2D eigenvalue weighted by atomic mass is 35.5. The second-order valence-corrected chi connectivity index (χ2v) is 3.46. The van der Waals surface area contributed by atoms with Gasteiger partial charge in [-0.05, 0) is 18.2 Å². The number of aliphatic hydroxyl groups excluding tert-OH is 1. The molecule has 0 radical (unpaired) electrons. The zero-order valence-corrected chi connectivity index (χ0v) is 8.65. The molecule has 0 aliphatic heterocycles. The van der Waals surface area contributed by atoms with Crippen molar-refractivity contribution in [3.8, 4) is 5.75 Å². The van der Waals surface area contributed by atoms with Crippen molar-refractivity contribution in [2.75, 3.05) is 6.61 Å². The van der Waals surface area contributed by atoms with Crippen LogP contribution in [-0.4, -0.2) is 28.9 Å². The van der Waals surface area contributed by atoms with Crippen molar-refractivity contribution in [1.29, 1.82) is 0 Å². The van der Waals surface area contributed by atoms with Crippen LogP contribution in [0.2, 0.25) is 5.02 Å². The van der Waals surface area contributed by atoms with Crippen molar-refractivity contribution in [1.82, 2.24) is 0 Å². The Kier molecular flexibility index (Phi) is 4.39. The summed E-state index contributed by atoms with van der Waals surface area (Å²) in [5.41, 5.74) is 0. The smallest absolute Gasteiger partial charge is 0.306 e. The van der Waals surface area contributed by atoms with Gasteiger partial charge in [0.25, 0.3) is 0 Å². The lowest BCUT2D eigenvalue weighted by atomic mass is 10.3. The van der Waals surface area contributed by atoms with Crippen LogP contribution < -0.4 is 4.74 Å². The Hall–Kier alpha value is -1.26. The molecule has 15 heavy (non-hydrogen) atoms. The van der Waals surface area contributed by atoms with Gasteiger partial charge in [-0.3, -0.25) is 4.79 Å². The first-order chi connectivity index (χ1) is 7.08. The Balaban J connectivity index is 2.40. The molecule has 0 spiro atoms. The first-order valence-corrected chi connectivity index (χ1v) is 4.74.